The number of nitrogens with one attached hydrogen (secondary N) is 1. The summed E-state index contributed by atoms with van der Waals surface area (Å²) >= 11 is 8.05. The van der Waals surface area contributed by atoms with E-state index in [-0.39, 0.29) is 35.2 Å². The highest BCUT2D eigenvalue weighted by Gasteiger charge is 2.38. The van der Waals surface area contributed by atoms with Crippen LogP contribution in [0.25, 0.3) is 16.9 Å². The number of hydrogen-bond acceptors (Lipinski definition) is 5. The van der Waals surface area contributed by atoms with Crippen molar-refractivity contribution in [3.05, 3.63) is 101 Å². The molecular formula is C29H26ClFN4O3S. The normalized spacial score (nSPS) is 15.1. The number of methoxy groups -OCH3 is 1. The summed E-state index contributed by atoms with van der Waals surface area (Å²) in [7, 11) is 1.55. The molecule has 2 amide bonds. The topological polar surface area (TPSA) is 76.5 Å². The van der Waals surface area contributed by atoms with Crippen LogP contribution < -0.4 is 10.2 Å². The predicted octanol–water partition coefficient (Wildman–Crippen LogP) is 5.26. The SMILES string of the molecule is COCCNC(=O)CN1C(=O)CS[C@H](c2ccc(F)cc2)c2c(-c3ccccc3)nn(-c3ccccc3Cl)c21. The predicted molar refractivity (Wildman–Crippen MR) is 152 cm³/mol. The molecule has 1 aromatic heterocycles. The van der Waals surface area contributed by atoms with E-state index < -0.39 is 0 Å². The van der Waals surface area contributed by atoms with Gasteiger partial charge in [0.25, 0.3) is 0 Å². The zero-order valence-corrected chi connectivity index (χ0v) is 22.7. The second-order valence-corrected chi connectivity index (χ2v) is 10.4. The molecule has 5 rings (SSSR count). The number of halogens is 2. The van der Waals surface area contributed by atoms with Crippen LogP contribution in [-0.4, -0.2) is 54.2 Å². The van der Waals surface area contributed by atoms with Crippen LogP contribution in [0.1, 0.15) is 16.4 Å². The summed E-state index contributed by atoms with van der Waals surface area (Å²) in [6.07, 6.45) is 0. The van der Waals surface area contributed by atoms with Crippen molar-refractivity contribution in [2.45, 2.75) is 5.25 Å². The smallest absolute Gasteiger partial charge is 0.240 e. The van der Waals surface area contributed by atoms with Gasteiger partial charge in [0.15, 0.2) is 0 Å². The first-order valence-electron chi connectivity index (χ1n) is 12.3. The van der Waals surface area contributed by atoms with Gasteiger partial charge in [-0.25, -0.2) is 9.07 Å². The lowest BCUT2D eigenvalue weighted by atomic mass is 9.99. The first kappa shape index (κ1) is 26.9. The molecule has 0 aliphatic carbocycles. The van der Waals surface area contributed by atoms with E-state index in [1.807, 2.05) is 48.5 Å². The number of benzene rings is 3. The number of aromatic nitrogens is 2. The fourth-order valence-corrected chi connectivity index (χ4v) is 5.93. The van der Waals surface area contributed by atoms with Crippen LogP contribution in [0, 0.1) is 5.82 Å². The molecule has 0 radical (unpaired) electrons. The minimum absolute atomic E-state index is 0.110. The molecule has 0 saturated heterocycles. The molecule has 7 nitrogen and oxygen atoms in total. The Kier molecular flexibility index (Phi) is 8.30. The van der Waals surface area contributed by atoms with Crippen LogP contribution in [0.4, 0.5) is 10.2 Å². The Bertz CT molecular complexity index is 1480. The molecule has 0 fully saturated rings. The van der Waals surface area contributed by atoms with Crippen molar-refractivity contribution in [3.8, 4) is 16.9 Å². The summed E-state index contributed by atoms with van der Waals surface area (Å²) in [6.45, 7) is 0.454. The molecule has 0 saturated carbocycles. The number of para-hydroxylation sites is 1. The fraction of sp³-hybridized carbons (Fsp3) is 0.207. The molecular weight excluding hydrogens is 539 g/mol. The second kappa shape index (κ2) is 12.0. The maximum atomic E-state index is 13.9. The van der Waals surface area contributed by atoms with Gasteiger partial charge in [0, 0.05) is 24.8 Å². The molecule has 10 heteroatoms. The minimum Gasteiger partial charge on any atom is -0.383 e. The molecule has 1 aliphatic heterocycles. The van der Waals surface area contributed by atoms with Crippen LogP contribution in [0.5, 0.6) is 0 Å². The molecule has 1 N–H and O–H groups in total. The molecule has 0 unspecified atom stereocenters. The van der Waals surface area contributed by atoms with Crippen LogP contribution in [0.15, 0.2) is 78.9 Å². The van der Waals surface area contributed by atoms with E-state index in [2.05, 4.69) is 5.32 Å². The van der Waals surface area contributed by atoms with Gasteiger partial charge in [0.05, 0.1) is 34.0 Å². The van der Waals surface area contributed by atoms with E-state index in [4.69, 9.17) is 21.4 Å². The zero-order chi connectivity index (χ0) is 27.4. The number of thioether (sulfide) groups is 1. The highest BCUT2D eigenvalue weighted by molar-refractivity contribution is 8.00. The molecule has 200 valence electrons. The number of carbonyl (C=O) groups is 2. The highest BCUT2D eigenvalue weighted by atomic mass is 35.5. The van der Waals surface area contributed by atoms with Gasteiger partial charge in [-0.2, -0.15) is 5.10 Å². The van der Waals surface area contributed by atoms with Gasteiger partial charge < -0.3 is 10.1 Å². The van der Waals surface area contributed by atoms with Crippen molar-refractivity contribution >= 4 is 41.0 Å². The third-order valence-electron chi connectivity index (χ3n) is 6.32. The quantitative estimate of drug-likeness (QED) is 0.295. The molecule has 1 atom stereocenters. The van der Waals surface area contributed by atoms with E-state index in [9.17, 15) is 14.0 Å². The van der Waals surface area contributed by atoms with Crippen molar-refractivity contribution in [2.75, 3.05) is 37.5 Å². The third-order valence-corrected chi connectivity index (χ3v) is 7.89. The summed E-state index contributed by atoms with van der Waals surface area (Å²) in [4.78, 5) is 28.1. The fourth-order valence-electron chi connectivity index (χ4n) is 4.51. The van der Waals surface area contributed by atoms with Crippen molar-refractivity contribution in [1.82, 2.24) is 15.1 Å². The molecule has 2 heterocycles. The van der Waals surface area contributed by atoms with Gasteiger partial charge in [-0.1, -0.05) is 66.2 Å². The Morgan fingerprint density at radius 3 is 2.54 bits per heavy atom. The zero-order valence-electron chi connectivity index (χ0n) is 21.1. The molecule has 4 aromatic rings. The number of anilines is 1. The standard InChI is InChI=1S/C29H26ClFN4O3S/c1-38-16-15-32-24(36)17-34-25(37)18-39-28(20-11-13-21(31)14-12-20)26-27(19-7-3-2-4-8-19)33-35(29(26)34)23-10-6-5-9-22(23)30/h2-14,28H,15-18H2,1H3,(H,32,36)/t28-/m1/s1. The summed E-state index contributed by atoms with van der Waals surface area (Å²) in [5.74, 6) is -0.365. The summed E-state index contributed by atoms with van der Waals surface area (Å²) in [5.41, 5.74) is 3.61. The number of nitrogens with zero attached hydrogens (tertiary/aromatic N) is 3. The maximum absolute atomic E-state index is 13.9. The van der Waals surface area contributed by atoms with E-state index in [0.717, 1.165) is 16.7 Å². The summed E-state index contributed by atoms with van der Waals surface area (Å²) < 4.78 is 20.6. The third kappa shape index (κ3) is 5.71. The minimum atomic E-state index is -0.363. The van der Waals surface area contributed by atoms with Crippen molar-refractivity contribution in [3.63, 3.8) is 0 Å². The highest BCUT2D eigenvalue weighted by Crippen LogP contribution is 2.48. The number of hydrogen-bond donors (Lipinski definition) is 1. The Balaban J connectivity index is 1.76. The second-order valence-electron chi connectivity index (χ2n) is 8.88. The van der Waals surface area contributed by atoms with E-state index in [0.29, 0.717) is 35.4 Å². The average Bonchev–Trinajstić information content (AvgIpc) is 3.27. The monoisotopic (exact) mass is 564 g/mol. The van der Waals surface area contributed by atoms with Crippen molar-refractivity contribution in [1.29, 1.82) is 0 Å². The average molecular weight is 565 g/mol. The number of carbonyl (C=O) groups excluding carboxylic acids is 2. The number of ether oxygens (including phenoxy) is 1. The lowest BCUT2D eigenvalue weighted by Gasteiger charge is -2.23. The van der Waals surface area contributed by atoms with Gasteiger partial charge >= 0.3 is 0 Å². The van der Waals surface area contributed by atoms with Gasteiger partial charge in [-0.3, -0.25) is 14.5 Å². The molecule has 0 bridgehead atoms. The summed E-state index contributed by atoms with van der Waals surface area (Å²) in [6, 6.07) is 23.1. The van der Waals surface area contributed by atoms with Gasteiger partial charge in [0.2, 0.25) is 11.8 Å². The Morgan fingerprint density at radius 2 is 1.82 bits per heavy atom. The first-order valence-corrected chi connectivity index (χ1v) is 13.8. The Hall–Kier alpha value is -3.66. The van der Waals surface area contributed by atoms with E-state index in [1.54, 1.807) is 30.0 Å². The Morgan fingerprint density at radius 1 is 1.10 bits per heavy atom. The van der Waals surface area contributed by atoms with Gasteiger partial charge in [-0.15, -0.1) is 11.8 Å². The number of rotatable bonds is 8. The van der Waals surface area contributed by atoms with Gasteiger partial charge in [-0.05, 0) is 29.8 Å². The van der Waals surface area contributed by atoms with E-state index in [1.165, 1.54) is 28.8 Å². The van der Waals surface area contributed by atoms with Crippen LogP contribution in [0.2, 0.25) is 5.02 Å². The maximum Gasteiger partial charge on any atom is 0.240 e. The van der Waals surface area contributed by atoms with Crippen LogP contribution >= 0.6 is 23.4 Å². The lowest BCUT2D eigenvalue weighted by Crippen LogP contribution is -2.43. The van der Waals surface area contributed by atoms with Crippen molar-refractivity contribution in [2.24, 2.45) is 0 Å². The largest absolute Gasteiger partial charge is 0.383 e. The molecule has 39 heavy (non-hydrogen) atoms. The van der Waals surface area contributed by atoms with Gasteiger partial charge in [0.1, 0.15) is 18.2 Å². The molecule has 0 spiro atoms. The summed E-state index contributed by atoms with van der Waals surface area (Å²) in [5, 5.41) is 7.87. The molecule has 1 aliphatic rings. The molecule has 3 aromatic carbocycles. The van der Waals surface area contributed by atoms with Crippen LogP contribution in [0.3, 0.4) is 0 Å². The van der Waals surface area contributed by atoms with Crippen LogP contribution in [-0.2, 0) is 14.3 Å². The first-order chi connectivity index (χ1) is 19.0. The number of amides is 2. The van der Waals surface area contributed by atoms with E-state index >= 15 is 0 Å². The van der Waals surface area contributed by atoms with Crippen molar-refractivity contribution < 1.29 is 18.7 Å². The number of fused-ring (bicyclic) bond motifs is 1. The Labute approximate surface area is 234 Å². The lowest BCUT2D eigenvalue weighted by molar-refractivity contribution is -0.123.